The molecule has 0 atom stereocenters. The Kier molecular flexibility index (Phi) is 6.53. The summed E-state index contributed by atoms with van der Waals surface area (Å²) in [5, 5.41) is 0.542. The van der Waals surface area contributed by atoms with E-state index in [4.69, 9.17) is 4.74 Å². The number of nitrogens with zero attached hydrogens (tertiary/aromatic N) is 3. The Hall–Kier alpha value is -2.08. The van der Waals surface area contributed by atoms with E-state index in [9.17, 15) is 21.6 Å². The van der Waals surface area contributed by atoms with Gasteiger partial charge in [0.2, 0.25) is 10.0 Å². The standard InChI is InChI=1S/C21H22F3N3O3S2/c1-2-27-19-8-7-16(32(28,29)26-9-11-30-12-10-26)13-18(19)25-20(27)31-14-15-5-3-4-6-17(15)21(22,23)24/h3-8,13H,2,9-12,14H2,1H3. The van der Waals surface area contributed by atoms with Crippen LogP contribution in [0.4, 0.5) is 13.2 Å². The van der Waals surface area contributed by atoms with Crippen molar-refractivity contribution in [2.75, 3.05) is 26.3 Å². The molecule has 1 fully saturated rings. The van der Waals surface area contributed by atoms with Gasteiger partial charge < -0.3 is 9.30 Å². The predicted octanol–water partition coefficient (Wildman–Crippen LogP) is 4.39. The molecule has 1 aliphatic heterocycles. The monoisotopic (exact) mass is 485 g/mol. The second-order valence-electron chi connectivity index (χ2n) is 7.25. The zero-order valence-corrected chi connectivity index (χ0v) is 18.9. The van der Waals surface area contributed by atoms with Gasteiger partial charge in [-0.3, -0.25) is 0 Å². The molecular weight excluding hydrogens is 463 g/mol. The Bertz CT molecular complexity index is 1220. The van der Waals surface area contributed by atoms with Gasteiger partial charge in [-0.2, -0.15) is 17.5 Å². The molecule has 0 bridgehead atoms. The van der Waals surface area contributed by atoms with Crippen LogP contribution in [-0.2, 0) is 33.2 Å². The quantitative estimate of drug-likeness (QED) is 0.485. The van der Waals surface area contributed by atoms with Gasteiger partial charge in [0.25, 0.3) is 0 Å². The maximum absolute atomic E-state index is 13.3. The Morgan fingerprint density at radius 2 is 1.84 bits per heavy atom. The van der Waals surface area contributed by atoms with Crippen LogP contribution in [0.5, 0.6) is 0 Å². The molecule has 11 heteroatoms. The zero-order chi connectivity index (χ0) is 22.9. The maximum Gasteiger partial charge on any atom is 0.416 e. The lowest BCUT2D eigenvalue weighted by molar-refractivity contribution is -0.138. The highest BCUT2D eigenvalue weighted by Gasteiger charge is 2.33. The third kappa shape index (κ3) is 4.52. The minimum absolute atomic E-state index is 0.0952. The number of aromatic nitrogens is 2. The van der Waals surface area contributed by atoms with Crippen LogP contribution >= 0.6 is 11.8 Å². The SMILES string of the molecule is CCn1c(SCc2ccccc2C(F)(F)F)nc2cc(S(=O)(=O)N3CCOCC3)ccc21. The van der Waals surface area contributed by atoms with Gasteiger partial charge in [-0.05, 0) is 36.8 Å². The summed E-state index contributed by atoms with van der Waals surface area (Å²) in [4.78, 5) is 4.69. The highest BCUT2D eigenvalue weighted by molar-refractivity contribution is 7.98. The summed E-state index contributed by atoms with van der Waals surface area (Å²) in [5.74, 6) is 0.0952. The van der Waals surface area contributed by atoms with E-state index in [1.165, 1.54) is 34.3 Å². The van der Waals surface area contributed by atoms with Gasteiger partial charge in [0.15, 0.2) is 5.16 Å². The number of hydrogen-bond donors (Lipinski definition) is 0. The van der Waals surface area contributed by atoms with Crippen molar-refractivity contribution in [3.8, 4) is 0 Å². The first-order valence-electron chi connectivity index (χ1n) is 10.1. The molecule has 1 aromatic heterocycles. The van der Waals surface area contributed by atoms with Gasteiger partial charge in [-0.15, -0.1) is 0 Å². The molecule has 6 nitrogen and oxygen atoms in total. The van der Waals surface area contributed by atoms with Crippen molar-refractivity contribution in [1.82, 2.24) is 13.9 Å². The second kappa shape index (κ2) is 9.05. The van der Waals surface area contributed by atoms with Crippen molar-refractivity contribution < 1.29 is 26.3 Å². The number of sulfonamides is 1. The first-order valence-corrected chi connectivity index (χ1v) is 12.5. The smallest absolute Gasteiger partial charge is 0.379 e. The second-order valence-corrected chi connectivity index (χ2v) is 10.1. The molecule has 0 aliphatic carbocycles. The van der Waals surface area contributed by atoms with E-state index in [1.54, 1.807) is 18.2 Å². The molecule has 0 amide bonds. The van der Waals surface area contributed by atoms with E-state index in [1.807, 2.05) is 11.5 Å². The average molecular weight is 486 g/mol. The number of halogens is 3. The van der Waals surface area contributed by atoms with Gasteiger partial charge in [-0.25, -0.2) is 13.4 Å². The van der Waals surface area contributed by atoms with Crippen molar-refractivity contribution in [2.24, 2.45) is 0 Å². The minimum Gasteiger partial charge on any atom is -0.379 e. The molecule has 0 saturated carbocycles. The first kappa shape index (κ1) is 23.1. The summed E-state index contributed by atoms with van der Waals surface area (Å²) in [5.41, 5.74) is 0.744. The van der Waals surface area contributed by atoms with Crippen LogP contribution in [0.3, 0.4) is 0 Å². The van der Waals surface area contributed by atoms with Crippen LogP contribution in [0, 0.1) is 0 Å². The predicted molar refractivity (Wildman–Crippen MR) is 116 cm³/mol. The van der Waals surface area contributed by atoms with E-state index < -0.39 is 21.8 Å². The van der Waals surface area contributed by atoms with E-state index in [0.29, 0.717) is 43.5 Å². The lowest BCUT2D eigenvalue weighted by Crippen LogP contribution is -2.40. The fourth-order valence-electron chi connectivity index (χ4n) is 3.66. The molecule has 32 heavy (non-hydrogen) atoms. The Labute approximate surface area is 188 Å². The van der Waals surface area contributed by atoms with Crippen LogP contribution in [0.15, 0.2) is 52.5 Å². The molecule has 0 radical (unpaired) electrons. The van der Waals surface area contributed by atoms with Crippen molar-refractivity contribution in [3.05, 3.63) is 53.6 Å². The summed E-state index contributed by atoms with van der Waals surface area (Å²) in [7, 11) is -3.67. The molecule has 1 saturated heterocycles. The van der Waals surface area contributed by atoms with Crippen LogP contribution in [0.2, 0.25) is 0 Å². The lowest BCUT2D eigenvalue weighted by atomic mass is 10.1. The number of imidazole rings is 1. The fraction of sp³-hybridized carbons (Fsp3) is 0.381. The first-order chi connectivity index (χ1) is 15.2. The van der Waals surface area contributed by atoms with Crippen molar-refractivity contribution in [2.45, 2.75) is 35.4 Å². The van der Waals surface area contributed by atoms with E-state index >= 15 is 0 Å². The number of hydrogen-bond acceptors (Lipinski definition) is 5. The van der Waals surface area contributed by atoms with Gasteiger partial charge in [0.1, 0.15) is 0 Å². The van der Waals surface area contributed by atoms with Crippen molar-refractivity contribution >= 4 is 32.8 Å². The zero-order valence-electron chi connectivity index (χ0n) is 17.3. The minimum atomic E-state index is -4.43. The molecule has 172 valence electrons. The number of rotatable bonds is 6. The number of benzene rings is 2. The highest BCUT2D eigenvalue weighted by Crippen LogP contribution is 2.35. The molecular formula is C21H22F3N3O3S2. The molecule has 0 spiro atoms. The van der Waals surface area contributed by atoms with E-state index in [0.717, 1.165) is 11.6 Å². The molecule has 1 aliphatic rings. The number of thioether (sulfide) groups is 1. The van der Waals surface area contributed by atoms with Gasteiger partial charge in [-0.1, -0.05) is 30.0 Å². The molecule has 2 aromatic carbocycles. The van der Waals surface area contributed by atoms with E-state index in [-0.39, 0.29) is 16.2 Å². The fourth-order valence-corrected chi connectivity index (χ4v) is 6.18. The van der Waals surface area contributed by atoms with Crippen molar-refractivity contribution in [3.63, 3.8) is 0 Å². The lowest BCUT2D eigenvalue weighted by Gasteiger charge is -2.26. The Morgan fingerprint density at radius 3 is 2.53 bits per heavy atom. The molecule has 0 unspecified atom stereocenters. The number of morpholine rings is 1. The Morgan fingerprint density at radius 1 is 1.12 bits per heavy atom. The summed E-state index contributed by atoms with van der Waals surface area (Å²) in [6.45, 7) is 3.76. The number of fused-ring (bicyclic) bond motifs is 1. The average Bonchev–Trinajstić information content (AvgIpc) is 3.14. The third-order valence-corrected chi connectivity index (χ3v) is 8.21. The highest BCUT2D eigenvalue weighted by atomic mass is 32.2. The number of alkyl halides is 3. The van der Waals surface area contributed by atoms with E-state index in [2.05, 4.69) is 4.98 Å². The molecule has 0 N–H and O–H groups in total. The Balaban J connectivity index is 1.64. The molecule has 2 heterocycles. The molecule has 3 aromatic rings. The summed E-state index contributed by atoms with van der Waals surface area (Å²) >= 11 is 1.20. The van der Waals surface area contributed by atoms with Crippen LogP contribution < -0.4 is 0 Å². The van der Waals surface area contributed by atoms with Crippen LogP contribution in [-0.4, -0.2) is 48.6 Å². The summed E-state index contributed by atoms with van der Waals surface area (Å²) in [6.07, 6.45) is -4.43. The van der Waals surface area contributed by atoms with Crippen molar-refractivity contribution in [1.29, 1.82) is 0 Å². The molecule has 4 rings (SSSR count). The maximum atomic E-state index is 13.3. The van der Waals surface area contributed by atoms with Crippen LogP contribution in [0.1, 0.15) is 18.1 Å². The summed E-state index contributed by atoms with van der Waals surface area (Å²) < 4.78 is 74.3. The number of aryl methyl sites for hydroxylation is 1. The van der Waals surface area contributed by atoms with Gasteiger partial charge in [0.05, 0.1) is 34.7 Å². The van der Waals surface area contributed by atoms with Gasteiger partial charge >= 0.3 is 6.18 Å². The van der Waals surface area contributed by atoms with Gasteiger partial charge in [0, 0.05) is 25.4 Å². The number of ether oxygens (including phenoxy) is 1. The third-order valence-electron chi connectivity index (χ3n) is 5.29. The van der Waals surface area contributed by atoms with Crippen LogP contribution in [0.25, 0.3) is 11.0 Å². The largest absolute Gasteiger partial charge is 0.416 e. The topological polar surface area (TPSA) is 64.4 Å². The summed E-state index contributed by atoms with van der Waals surface area (Å²) in [6, 6.07) is 10.3. The normalized spacial score (nSPS) is 16.0.